The lowest BCUT2D eigenvalue weighted by Gasteiger charge is -2.33. The molecule has 0 saturated carbocycles. The molecule has 5 nitrogen and oxygen atoms in total. The SMILES string of the molecule is CC(C)C1OCCCC1CN=C(N)Nc1ccc(OC(F)(F)F)cc1.I. The number of aliphatic imine (C=N–C) groups is 1. The number of nitrogens with one attached hydrogen (secondary N) is 1. The minimum absolute atomic E-state index is 0. The van der Waals surface area contributed by atoms with Crippen LogP contribution in [0.2, 0.25) is 0 Å². The molecule has 0 radical (unpaired) electrons. The van der Waals surface area contributed by atoms with Crippen molar-refractivity contribution in [3.05, 3.63) is 24.3 Å². The Morgan fingerprint density at radius 1 is 1.35 bits per heavy atom. The van der Waals surface area contributed by atoms with Crippen molar-refractivity contribution >= 4 is 35.6 Å². The zero-order valence-corrected chi connectivity index (χ0v) is 17.1. The van der Waals surface area contributed by atoms with Gasteiger partial charge in [0.1, 0.15) is 5.75 Å². The Morgan fingerprint density at radius 2 is 2.00 bits per heavy atom. The summed E-state index contributed by atoms with van der Waals surface area (Å²) in [5.74, 6) is 0.665. The molecule has 2 atom stereocenters. The van der Waals surface area contributed by atoms with Gasteiger partial charge in [-0.25, -0.2) is 0 Å². The molecule has 148 valence electrons. The number of anilines is 1. The number of nitrogens with zero attached hydrogens (tertiary/aromatic N) is 1. The van der Waals surface area contributed by atoms with E-state index in [-0.39, 0.29) is 41.8 Å². The largest absolute Gasteiger partial charge is 0.573 e. The smallest absolute Gasteiger partial charge is 0.406 e. The van der Waals surface area contributed by atoms with Crippen LogP contribution in [0.4, 0.5) is 18.9 Å². The van der Waals surface area contributed by atoms with Gasteiger partial charge in [0.2, 0.25) is 0 Å². The maximum absolute atomic E-state index is 12.1. The summed E-state index contributed by atoms with van der Waals surface area (Å²) in [6, 6.07) is 5.33. The summed E-state index contributed by atoms with van der Waals surface area (Å²) < 4.78 is 46.0. The van der Waals surface area contributed by atoms with Crippen LogP contribution in [-0.2, 0) is 4.74 Å². The Labute approximate surface area is 168 Å². The van der Waals surface area contributed by atoms with Gasteiger partial charge in [-0.05, 0) is 43.0 Å². The third-order valence-electron chi connectivity index (χ3n) is 4.01. The highest BCUT2D eigenvalue weighted by Crippen LogP contribution is 2.27. The minimum Gasteiger partial charge on any atom is -0.406 e. The van der Waals surface area contributed by atoms with Crippen LogP contribution in [0.3, 0.4) is 0 Å². The van der Waals surface area contributed by atoms with E-state index < -0.39 is 6.36 Å². The molecule has 26 heavy (non-hydrogen) atoms. The highest BCUT2D eigenvalue weighted by Gasteiger charge is 2.31. The van der Waals surface area contributed by atoms with Crippen LogP contribution in [-0.4, -0.2) is 31.6 Å². The maximum Gasteiger partial charge on any atom is 0.573 e. The molecule has 1 aliphatic rings. The lowest BCUT2D eigenvalue weighted by atomic mass is 9.87. The predicted octanol–water partition coefficient (Wildman–Crippen LogP) is 4.38. The summed E-state index contributed by atoms with van der Waals surface area (Å²) in [6.45, 7) is 5.58. The zero-order chi connectivity index (χ0) is 18.4. The van der Waals surface area contributed by atoms with Gasteiger partial charge in [0.15, 0.2) is 5.96 Å². The lowest BCUT2D eigenvalue weighted by Crippen LogP contribution is -2.36. The first-order valence-electron chi connectivity index (χ1n) is 8.29. The Bertz CT molecular complexity index is 580. The summed E-state index contributed by atoms with van der Waals surface area (Å²) in [6.07, 6.45) is -2.48. The molecule has 2 unspecified atom stereocenters. The van der Waals surface area contributed by atoms with Crippen LogP contribution in [0.1, 0.15) is 26.7 Å². The molecule has 0 amide bonds. The number of benzene rings is 1. The average molecular weight is 487 g/mol. The minimum atomic E-state index is -4.70. The second kappa shape index (κ2) is 10.2. The highest BCUT2D eigenvalue weighted by atomic mass is 127. The Kier molecular flexibility index (Phi) is 8.94. The molecule has 1 aromatic carbocycles. The zero-order valence-electron chi connectivity index (χ0n) is 14.8. The molecule has 0 spiro atoms. The van der Waals surface area contributed by atoms with Crippen molar-refractivity contribution in [2.24, 2.45) is 22.6 Å². The van der Waals surface area contributed by atoms with E-state index in [1.165, 1.54) is 24.3 Å². The monoisotopic (exact) mass is 487 g/mol. The van der Waals surface area contributed by atoms with Gasteiger partial charge in [-0.15, -0.1) is 37.1 Å². The molecule has 9 heteroatoms. The van der Waals surface area contributed by atoms with E-state index >= 15 is 0 Å². The normalized spacial score (nSPS) is 21.2. The number of hydrogen-bond acceptors (Lipinski definition) is 3. The second-order valence-corrected chi connectivity index (χ2v) is 6.40. The molecule has 1 fully saturated rings. The van der Waals surface area contributed by atoms with E-state index in [1.54, 1.807) is 0 Å². The molecule has 1 aliphatic heterocycles. The standard InChI is InChI=1S/C17H24F3N3O2.HI/c1-11(2)15-12(4-3-9-24-15)10-22-16(21)23-13-5-7-14(8-6-13)25-17(18,19)20;/h5-8,11-12,15H,3-4,9-10H2,1-2H3,(H3,21,22,23);1H. The molecule has 1 aromatic rings. The van der Waals surface area contributed by atoms with Gasteiger partial charge in [0, 0.05) is 24.8 Å². The number of nitrogens with two attached hydrogens (primary N) is 1. The first-order valence-corrected chi connectivity index (χ1v) is 8.29. The number of hydrogen-bond donors (Lipinski definition) is 2. The Morgan fingerprint density at radius 3 is 2.58 bits per heavy atom. The lowest BCUT2D eigenvalue weighted by molar-refractivity contribution is -0.274. The van der Waals surface area contributed by atoms with Gasteiger partial charge in [0.05, 0.1) is 6.10 Å². The van der Waals surface area contributed by atoms with Crippen LogP contribution < -0.4 is 15.8 Å². The number of halogens is 4. The van der Waals surface area contributed by atoms with Crippen LogP contribution in [0, 0.1) is 11.8 Å². The van der Waals surface area contributed by atoms with Gasteiger partial charge in [0.25, 0.3) is 0 Å². The van der Waals surface area contributed by atoms with Crippen molar-refractivity contribution in [1.82, 2.24) is 0 Å². The van der Waals surface area contributed by atoms with Crippen molar-refractivity contribution in [2.45, 2.75) is 39.2 Å². The number of ether oxygens (including phenoxy) is 2. The van der Waals surface area contributed by atoms with Crippen molar-refractivity contribution in [1.29, 1.82) is 0 Å². The van der Waals surface area contributed by atoms with Gasteiger partial charge >= 0.3 is 6.36 Å². The first kappa shape index (κ1) is 22.8. The van der Waals surface area contributed by atoms with Gasteiger partial charge in [-0.1, -0.05) is 13.8 Å². The fraction of sp³-hybridized carbons (Fsp3) is 0.588. The molecular weight excluding hydrogens is 462 g/mol. The summed E-state index contributed by atoms with van der Waals surface area (Å²) >= 11 is 0. The fourth-order valence-corrected chi connectivity index (χ4v) is 2.94. The molecule has 3 N–H and O–H groups in total. The summed E-state index contributed by atoms with van der Waals surface area (Å²) in [4.78, 5) is 4.35. The first-order chi connectivity index (χ1) is 11.7. The molecule has 1 saturated heterocycles. The quantitative estimate of drug-likeness (QED) is 0.368. The van der Waals surface area contributed by atoms with E-state index in [0.29, 0.717) is 24.1 Å². The predicted molar refractivity (Wildman–Crippen MR) is 106 cm³/mol. The summed E-state index contributed by atoms with van der Waals surface area (Å²) in [5, 5.41) is 2.87. The topological polar surface area (TPSA) is 68.9 Å². The molecule has 1 heterocycles. The number of rotatable bonds is 5. The third-order valence-corrected chi connectivity index (χ3v) is 4.01. The second-order valence-electron chi connectivity index (χ2n) is 6.40. The molecule has 2 rings (SSSR count). The van der Waals surface area contributed by atoms with Gasteiger partial charge in [-0.3, -0.25) is 4.99 Å². The van der Waals surface area contributed by atoms with E-state index in [1.807, 2.05) is 0 Å². The van der Waals surface area contributed by atoms with E-state index in [0.717, 1.165) is 19.4 Å². The van der Waals surface area contributed by atoms with Crippen molar-refractivity contribution in [3.8, 4) is 5.75 Å². The molecular formula is C17H25F3IN3O2. The highest BCUT2D eigenvalue weighted by molar-refractivity contribution is 14.0. The Hall–Kier alpha value is -1.23. The number of guanidine groups is 1. The van der Waals surface area contributed by atoms with Crippen LogP contribution >= 0.6 is 24.0 Å². The fourth-order valence-electron chi connectivity index (χ4n) is 2.94. The van der Waals surface area contributed by atoms with Crippen LogP contribution in [0.15, 0.2) is 29.3 Å². The molecule has 0 aromatic heterocycles. The Balaban J connectivity index is 0.00000338. The van der Waals surface area contributed by atoms with Crippen molar-refractivity contribution < 1.29 is 22.6 Å². The van der Waals surface area contributed by atoms with E-state index in [2.05, 4.69) is 28.9 Å². The van der Waals surface area contributed by atoms with Crippen molar-refractivity contribution in [2.75, 3.05) is 18.5 Å². The molecule has 0 aliphatic carbocycles. The summed E-state index contributed by atoms with van der Waals surface area (Å²) in [5.41, 5.74) is 6.41. The maximum atomic E-state index is 12.1. The summed E-state index contributed by atoms with van der Waals surface area (Å²) in [7, 11) is 0. The van der Waals surface area contributed by atoms with Gasteiger partial charge in [-0.2, -0.15) is 0 Å². The van der Waals surface area contributed by atoms with E-state index in [9.17, 15) is 13.2 Å². The van der Waals surface area contributed by atoms with Gasteiger partial charge < -0.3 is 20.5 Å². The number of alkyl halides is 3. The van der Waals surface area contributed by atoms with Crippen LogP contribution in [0.5, 0.6) is 5.75 Å². The van der Waals surface area contributed by atoms with E-state index in [4.69, 9.17) is 10.5 Å². The van der Waals surface area contributed by atoms with Crippen LogP contribution in [0.25, 0.3) is 0 Å². The van der Waals surface area contributed by atoms with Crippen molar-refractivity contribution in [3.63, 3.8) is 0 Å². The molecule has 0 bridgehead atoms. The average Bonchev–Trinajstić information content (AvgIpc) is 2.53. The third kappa shape index (κ3) is 7.56.